The van der Waals surface area contributed by atoms with Crippen molar-refractivity contribution in [3.05, 3.63) is 28.7 Å². The van der Waals surface area contributed by atoms with Crippen molar-refractivity contribution in [1.29, 1.82) is 0 Å². The van der Waals surface area contributed by atoms with E-state index < -0.39 is 24.2 Å². The number of carbonyl (C=O) groups is 3. The number of nitroso groups, excluding NO2 is 1. The van der Waals surface area contributed by atoms with Crippen molar-refractivity contribution in [1.82, 2.24) is 10.6 Å². The van der Waals surface area contributed by atoms with Gasteiger partial charge in [-0.25, -0.2) is 0 Å². The van der Waals surface area contributed by atoms with Gasteiger partial charge in [0.05, 0.1) is 12.3 Å². The second-order valence-corrected chi connectivity index (χ2v) is 4.83. The molecule has 0 saturated heterocycles. The number of nitrogens with zero attached hydrogens (tertiary/aromatic N) is 1. The Kier molecular flexibility index (Phi) is 9.28. The van der Waals surface area contributed by atoms with Crippen LogP contribution in [0.1, 0.15) is 20.3 Å². The van der Waals surface area contributed by atoms with Crippen LogP contribution in [0.4, 0.5) is 0 Å². The maximum atomic E-state index is 11.5. The Morgan fingerprint density at radius 2 is 1.91 bits per heavy atom. The van der Waals surface area contributed by atoms with Crippen molar-refractivity contribution in [2.45, 2.75) is 20.3 Å². The number of aliphatic carboxylic acids is 1. The molecule has 22 heavy (non-hydrogen) atoms. The Hall–Kier alpha value is -2.35. The minimum atomic E-state index is -1.18. The number of nitrogens with one attached hydrogen (secondary N) is 2. The molecule has 0 spiro atoms. The van der Waals surface area contributed by atoms with Crippen molar-refractivity contribution in [3.63, 3.8) is 0 Å². The summed E-state index contributed by atoms with van der Waals surface area (Å²) < 4.78 is 0. The molecular weight excluding hydrogens is 290 g/mol. The summed E-state index contributed by atoms with van der Waals surface area (Å²) in [6, 6.07) is 0. The van der Waals surface area contributed by atoms with Crippen molar-refractivity contribution < 1.29 is 19.5 Å². The smallest absolute Gasteiger partial charge is 0.304 e. The molecule has 2 amide bonds. The first-order valence-corrected chi connectivity index (χ1v) is 6.69. The number of amides is 2. The van der Waals surface area contributed by atoms with Crippen LogP contribution in [0.25, 0.3) is 0 Å². The van der Waals surface area contributed by atoms with E-state index in [0.717, 1.165) is 11.1 Å². The molecule has 122 valence electrons. The van der Waals surface area contributed by atoms with E-state index >= 15 is 0 Å². The first-order chi connectivity index (χ1) is 10.3. The standard InChI is InChI=1S/C14H21N3O5/c1-9(2)10(3)6-12(18)16-5-4-15-8-11(7-13(19)20)14(21)17-22/h6,11,15H,1,4-5,7-8H2,2-3H3,(H,16,18)(H,19,20)/b10-6+. The Bertz CT molecular complexity index is 485. The van der Waals surface area contributed by atoms with Crippen LogP contribution in [0.5, 0.6) is 0 Å². The molecule has 0 aliphatic carbocycles. The number of allylic oxidation sites excluding steroid dienone is 2. The first-order valence-electron chi connectivity index (χ1n) is 6.69. The maximum absolute atomic E-state index is 11.5. The highest BCUT2D eigenvalue weighted by Gasteiger charge is 2.21. The summed E-state index contributed by atoms with van der Waals surface area (Å²) in [6.07, 6.45) is 0.958. The number of hydrogen-bond acceptors (Lipinski definition) is 5. The highest BCUT2D eigenvalue weighted by Crippen LogP contribution is 2.05. The lowest BCUT2D eigenvalue weighted by atomic mass is 10.1. The fraction of sp³-hybridized carbons (Fsp3) is 0.500. The van der Waals surface area contributed by atoms with E-state index in [0.29, 0.717) is 13.1 Å². The Labute approximate surface area is 128 Å². The summed E-state index contributed by atoms with van der Waals surface area (Å²) in [6.45, 7) is 7.90. The number of rotatable bonds is 10. The third-order valence-electron chi connectivity index (χ3n) is 2.87. The lowest BCUT2D eigenvalue weighted by molar-refractivity contribution is -0.140. The predicted octanol–water partition coefficient (Wildman–Crippen LogP) is 0.598. The quantitative estimate of drug-likeness (QED) is 0.235. The average molecular weight is 311 g/mol. The molecule has 8 heteroatoms. The van der Waals surface area contributed by atoms with Crippen LogP contribution in [-0.2, 0) is 14.4 Å². The van der Waals surface area contributed by atoms with E-state index in [9.17, 15) is 19.3 Å². The molecule has 0 rings (SSSR count). The van der Waals surface area contributed by atoms with Crippen molar-refractivity contribution >= 4 is 17.8 Å². The van der Waals surface area contributed by atoms with Crippen LogP contribution in [0.3, 0.4) is 0 Å². The largest absolute Gasteiger partial charge is 0.481 e. The van der Waals surface area contributed by atoms with Crippen LogP contribution in [0.15, 0.2) is 29.0 Å². The molecule has 0 aromatic heterocycles. The summed E-state index contributed by atoms with van der Waals surface area (Å²) in [5, 5.41) is 16.3. The fourth-order valence-electron chi connectivity index (χ4n) is 1.45. The van der Waals surface area contributed by atoms with Crippen molar-refractivity contribution in [2.24, 2.45) is 11.1 Å². The number of carboxylic acid groups (broad SMARTS) is 1. The predicted molar refractivity (Wildman–Crippen MR) is 81.0 cm³/mol. The maximum Gasteiger partial charge on any atom is 0.304 e. The summed E-state index contributed by atoms with van der Waals surface area (Å²) >= 11 is 0. The van der Waals surface area contributed by atoms with Gasteiger partial charge in [0.25, 0.3) is 5.91 Å². The summed E-state index contributed by atoms with van der Waals surface area (Å²) in [5.74, 6) is -3.46. The van der Waals surface area contributed by atoms with Crippen LogP contribution in [-0.4, -0.2) is 42.5 Å². The molecule has 3 N–H and O–H groups in total. The second-order valence-electron chi connectivity index (χ2n) is 4.83. The molecule has 0 aromatic rings. The number of hydrogen-bond donors (Lipinski definition) is 3. The minimum Gasteiger partial charge on any atom is -0.481 e. The normalized spacial score (nSPS) is 12.4. The van der Waals surface area contributed by atoms with Crippen LogP contribution in [0.2, 0.25) is 0 Å². The Morgan fingerprint density at radius 1 is 1.27 bits per heavy atom. The first kappa shape index (κ1) is 19.7. The summed E-state index contributed by atoms with van der Waals surface area (Å²) in [7, 11) is 0. The highest BCUT2D eigenvalue weighted by atomic mass is 16.4. The molecule has 0 fully saturated rings. The lowest BCUT2D eigenvalue weighted by Crippen LogP contribution is -2.35. The zero-order valence-electron chi connectivity index (χ0n) is 12.7. The fourth-order valence-corrected chi connectivity index (χ4v) is 1.45. The third kappa shape index (κ3) is 8.75. The van der Waals surface area contributed by atoms with E-state index in [1.807, 2.05) is 0 Å². The van der Waals surface area contributed by atoms with Gasteiger partial charge in [0, 0.05) is 30.9 Å². The van der Waals surface area contributed by atoms with Gasteiger partial charge in [0.2, 0.25) is 5.91 Å². The zero-order chi connectivity index (χ0) is 17.1. The SMILES string of the molecule is C=C(C)/C(C)=C/C(=O)NCCNCC(CC(=O)O)C(=O)N=O. The van der Waals surface area contributed by atoms with Gasteiger partial charge in [-0.2, -0.15) is 0 Å². The van der Waals surface area contributed by atoms with Gasteiger partial charge in [0.15, 0.2) is 0 Å². The average Bonchev–Trinajstić information content (AvgIpc) is 2.44. The highest BCUT2D eigenvalue weighted by molar-refractivity contribution is 5.88. The molecule has 0 heterocycles. The Balaban J connectivity index is 4.09. The topological polar surface area (TPSA) is 125 Å². The number of carboxylic acids is 1. The number of carbonyl (C=O) groups excluding carboxylic acids is 2. The molecule has 0 aromatic carbocycles. The van der Waals surface area contributed by atoms with Gasteiger partial charge in [-0.05, 0) is 19.4 Å². The second kappa shape index (κ2) is 10.4. The molecule has 0 bridgehead atoms. The van der Waals surface area contributed by atoms with Crippen molar-refractivity contribution in [3.8, 4) is 0 Å². The van der Waals surface area contributed by atoms with E-state index in [2.05, 4.69) is 22.4 Å². The van der Waals surface area contributed by atoms with Gasteiger partial charge >= 0.3 is 5.97 Å². The zero-order valence-corrected chi connectivity index (χ0v) is 12.7. The van der Waals surface area contributed by atoms with Crippen molar-refractivity contribution in [2.75, 3.05) is 19.6 Å². The van der Waals surface area contributed by atoms with Gasteiger partial charge in [0.1, 0.15) is 0 Å². The van der Waals surface area contributed by atoms with Crippen LogP contribution < -0.4 is 10.6 Å². The molecule has 8 nitrogen and oxygen atoms in total. The third-order valence-corrected chi connectivity index (χ3v) is 2.87. The molecule has 0 aliphatic rings. The van der Waals surface area contributed by atoms with Gasteiger partial charge < -0.3 is 15.7 Å². The van der Waals surface area contributed by atoms with E-state index in [-0.39, 0.29) is 12.5 Å². The molecule has 1 atom stereocenters. The molecule has 0 saturated carbocycles. The minimum absolute atomic E-state index is 0.00732. The van der Waals surface area contributed by atoms with E-state index in [1.54, 1.807) is 13.8 Å². The van der Waals surface area contributed by atoms with Gasteiger partial charge in [-0.15, -0.1) is 4.91 Å². The molecule has 1 unspecified atom stereocenters. The molecular formula is C14H21N3O5. The molecule has 0 aliphatic heterocycles. The molecule has 0 radical (unpaired) electrons. The van der Waals surface area contributed by atoms with Crippen LogP contribution >= 0.6 is 0 Å². The monoisotopic (exact) mass is 311 g/mol. The van der Waals surface area contributed by atoms with Crippen LogP contribution in [0, 0.1) is 10.8 Å². The van der Waals surface area contributed by atoms with Gasteiger partial charge in [-0.3, -0.25) is 14.4 Å². The summed E-state index contributed by atoms with van der Waals surface area (Å²) in [4.78, 5) is 43.4. The van der Waals surface area contributed by atoms with Gasteiger partial charge in [-0.1, -0.05) is 12.2 Å². The van der Waals surface area contributed by atoms with E-state index in [1.165, 1.54) is 6.08 Å². The Morgan fingerprint density at radius 3 is 2.41 bits per heavy atom. The summed E-state index contributed by atoms with van der Waals surface area (Å²) in [5.41, 5.74) is 1.57. The van der Waals surface area contributed by atoms with E-state index in [4.69, 9.17) is 5.11 Å². The lowest BCUT2D eigenvalue weighted by Gasteiger charge is -2.11.